The number of aromatic nitrogens is 1. The third-order valence-corrected chi connectivity index (χ3v) is 5.43. The van der Waals surface area contributed by atoms with Gasteiger partial charge in [0, 0.05) is 24.1 Å². The second-order valence-corrected chi connectivity index (χ2v) is 8.29. The standard InChI is InChI=1S/C25H21F4N3O3/c1-14(2)23(33)31-21-4-3-5-22(30-21)32-11-10-15-6-7-16(12-18(15)24(32)34)35-17-8-9-19(20(26)13-17)25(27,28)29/h3-9,12-14H,10-11H2,1-2H3,(H,30,31,33). The van der Waals surface area contributed by atoms with Crippen molar-refractivity contribution in [3.05, 3.63) is 77.1 Å². The van der Waals surface area contributed by atoms with Crippen LogP contribution in [0.1, 0.15) is 35.3 Å². The molecule has 10 heteroatoms. The number of carbonyl (C=O) groups excluding carboxylic acids is 2. The molecule has 3 aromatic rings. The lowest BCUT2D eigenvalue weighted by Gasteiger charge is -2.28. The third kappa shape index (κ3) is 5.26. The Morgan fingerprint density at radius 1 is 1.09 bits per heavy atom. The molecular weight excluding hydrogens is 466 g/mol. The normalized spacial score (nSPS) is 13.6. The lowest BCUT2D eigenvalue weighted by Crippen LogP contribution is -2.38. The number of rotatable bonds is 5. The predicted molar refractivity (Wildman–Crippen MR) is 121 cm³/mol. The quantitative estimate of drug-likeness (QED) is 0.460. The van der Waals surface area contributed by atoms with E-state index in [9.17, 15) is 27.2 Å². The summed E-state index contributed by atoms with van der Waals surface area (Å²) in [6.45, 7) is 3.87. The fourth-order valence-corrected chi connectivity index (χ4v) is 3.57. The highest BCUT2D eigenvalue weighted by atomic mass is 19.4. The minimum atomic E-state index is -4.81. The lowest BCUT2D eigenvalue weighted by atomic mass is 9.98. The number of carbonyl (C=O) groups is 2. The minimum Gasteiger partial charge on any atom is -0.457 e. The number of fused-ring (bicyclic) bond motifs is 1. The second kappa shape index (κ2) is 9.36. The number of pyridine rings is 1. The molecule has 2 aromatic carbocycles. The second-order valence-electron chi connectivity index (χ2n) is 8.29. The summed E-state index contributed by atoms with van der Waals surface area (Å²) in [5, 5.41) is 2.70. The van der Waals surface area contributed by atoms with E-state index in [0.717, 1.165) is 11.6 Å². The maximum Gasteiger partial charge on any atom is 0.419 e. The molecule has 0 saturated carbocycles. The van der Waals surface area contributed by atoms with E-state index in [1.165, 1.54) is 11.0 Å². The average molecular weight is 487 g/mol. The number of benzene rings is 2. The van der Waals surface area contributed by atoms with Crippen molar-refractivity contribution in [3.63, 3.8) is 0 Å². The summed E-state index contributed by atoms with van der Waals surface area (Å²) >= 11 is 0. The Morgan fingerprint density at radius 2 is 1.80 bits per heavy atom. The van der Waals surface area contributed by atoms with E-state index in [0.29, 0.717) is 42.3 Å². The highest BCUT2D eigenvalue weighted by Gasteiger charge is 2.34. The molecule has 0 fully saturated rings. The number of nitrogens with zero attached hydrogens (tertiary/aromatic N) is 2. The summed E-state index contributed by atoms with van der Waals surface area (Å²) in [6, 6.07) is 11.9. The van der Waals surface area contributed by atoms with Crippen molar-refractivity contribution in [1.82, 2.24) is 4.98 Å². The van der Waals surface area contributed by atoms with Gasteiger partial charge in [-0.2, -0.15) is 13.2 Å². The van der Waals surface area contributed by atoms with Gasteiger partial charge in [0.25, 0.3) is 5.91 Å². The number of amides is 2. The zero-order valence-electron chi connectivity index (χ0n) is 18.8. The number of hydrogen-bond donors (Lipinski definition) is 1. The van der Waals surface area contributed by atoms with Crippen molar-refractivity contribution in [2.45, 2.75) is 26.4 Å². The molecular formula is C25H21F4N3O3. The zero-order chi connectivity index (χ0) is 25.3. The fraction of sp³-hybridized carbons (Fsp3) is 0.240. The predicted octanol–water partition coefficient (Wildman–Crippen LogP) is 5.83. The van der Waals surface area contributed by atoms with Crippen LogP contribution in [0.4, 0.5) is 29.2 Å². The summed E-state index contributed by atoms with van der Waals surface area (Å²) in [5.41, 5.74) is -0.290. The summed E-state index contributed by atoms with van der Waals surface area (Å²) in [4.78, 5) is 31.1. The summed E-state index contributed by atoms with van der Waals surface area (Å²) in [5.74, 6) is -1.53. The highest BCUT2D eigenvalue weighted by molar-refractivity contribution is 6.08. The zero-order valence-corrected chi connectivity index (χ0v) is 18.8. The number of alkyl halides is 3. The maximum absolute atomic E-state index is 13.9. The minimum absolute atomic E-state index is 0.133. The molecule has 0 bridgehead atoms. The summed E-state index contributed by atoms with van der Waals surface area (Å²) < 4.78 is 57.8. The van der Waals surface area contributed by atoms with Gasteiger partial charge < -0.3 is 10.1 Å². The summed E-state index contributed by atoms with van der Waals surface area (Å²) in [6.07, 6.45) is -4.28. The molecule has 6 nitrogen and oxygen atoms in total. The van der Waals surface area contributed by atoms with Crippen molar-refractivity contribution in [1.29, 1.82) is 0 Å². The van der Waals surface area contributed by atoms with Crippen LogP contribution in [0.5, 0.6) is 11.5 Å². The van der Waals surface area contributed by atoms with Crippen molar-refractivity contribution >= 4 is 23.5 Å². The van der Waals surface area contributed by atoms with E-state index in [4.69, 9.17) is 4.74 Å². The highest BCUT2D eigenvalue weighted by Crippen LogP contribution is 2.35. The van der Waals surface area contributed by atoms with Crippen LogP contribution in [-0.4, -0.2) is 23.3 Å². The molecule has 0 atom stereocenters. The molecule has 0 aliphatic carbocycles. The van der Waals surface area contributed by atoms with Crippen LogP contribution in [0, 0.1) is 11.7 Å². The van der Waals surface area contributed by atoms with Crippen LogP contribution in [0.3, 0.4) is 0 Å². The smallest absolute Gasteiger partial charge is 0.419 e. The number of halogens is 4. The van der Waals surface area contributed by atoms with E-state index in [1.807, 2.05) is 0 Å². The molecule has 1 aromatic heterocycles. The molecule has 35 heavy (non-hydrogen) atoms. The Labute approximate surface area is 198 Å². The van der Waals surface area contributed by atoms with Crippen LogP contribution in [0.25, 0.3) is 0 Å². The molecule has 0 unspecified atom stereocenters. The van der Waals surface area contributed by atoms with E-state index in [1.54, 1.807) is 44.2 Å². The van der Waals surface area contributed by atoms with Crippen LogP contribution in [-0.2, 0) is 17.4 Å². The van der Waals surface area contributed by atoms with Crippen LogP contribution in [0.2, 0.25) is 0 Å². The Hall–Kier alpha value is -3.95. The Bertz CT molecular complexity index is 1290. The van der Waals surface area contributed by atoms with Crippen molar-refractivity contribution in [3.8, 4) is 11.5 Å². The Balaban J connectivity index is 1.56. The van der Waals surface area contributed by atoms with Crippen LogP contribution in [0.15, 0.2) is 54.6 Å². The molecule has 1 aliphatic heterocycles. The van der Waals surface area contributed by atoms with E-state index >= 15 is 0 Å². The number of ether oxygens (including phenoxy) is 1. The van der Waals surface area contributed by atoms with Crippen molar-refractivity contribution < 1.29 is 31.9 Å². The summed E-state index contributed by atoms with van der Waals surface area (Å²) in [7, 11) is 0. The molecule has 1 aliphatic rings. The average Bonchev–Trinajstić information content (AvgIpc) is 2.79. The van der Waals surface area contributed by atoms with E-state index in [2.05, 4.69) is 10.3 Å². The van der Waals surface area contributed by atoms with Crippen LogP contribution < -0.4 is 15.0 Å². The molecule has 0 spiro atoms. The molecule has 2 heterocycles. The molecule has 0 saturated heterocycles. The first-order chi connectivity index (χ1) is 16.5. The molecule has 0 radical (unpaired) electrons. The maximum atomic E-state index is 13.9. The Kier molecular flexibility index (Phi) is 6.47. The van der Waals surface area contributed by atoms with Gasteiger partial charge in [-0.25, -0.2) is 9.37 Å². The van der Waals surface area contributed by atoms with Gasteiger partial charge in [0.05, 0.1) is 5.56 Å². The number of hydrogen-bond acceptors (Lipinski definition) is 4. The fourth-order valence-electron chi connectivity index (χ4n) is 3.57. The van der Waals surface area contributed by atoms with Gasteiger partial charge in [0.15, 0.2) is 0 Å². The molecule has 4 rings (SSSR count). The first-order valence-corrected chi connectivity index (χ1v) is 10.8. The van der Waals surface area contributed by atoms with Gasteiger partial charge in [0.2, 0.25) is 5.91 Å². The van der Waals surface area contributed by atoms with Crippen LogP contribution >= 0.6 is 0 Å². The van der Waals surface area contributed by atoms with E-state index in [-0.39, 0.29) is 29.2 Å². The van der Waals surface area contributed by atoms with Gasteiger partial charge in [0.1, 0.15) is 29.0 Å². The van der Waals surface area contributed by atoms with Crippen molar-refractivity contribution in [2.24, 2.45) is 5.92 Å². The SMILES string of the molecule is CC(C)C(=O)Nc1cccc(N2CCc3ccc(Oc4ccc(C(F)(F)F)c(F)c4)cc3C2=O)n1. The van der Waals surface area contributed by atoms with Gasteiger partial charge in [-0.1, -0.05) is 26.0 Å². The number of nitrogens with one attached hydrogen (secondary N) is 1. The molecule has 2 amide bonds. The van der Waals surface area contributed by atoms with Gasteiger partial charge in [-0.3, -0.25) is 14.5 Å². The first kappa shape index (κ1) is 24.2. The monoisotopic (exact) mass is 487 g/mol. The number of anilines is 2. The van der Waals surface area contributed by atoms with Crippen molar-refractivity contribution in [2.75, 3.05) is 16.8 Å². The van der Waals surface area contributed by atoms with Gasteiger partial charge in [-0.15, -0.1) is 0 Å². The largest absolute Gasteiger partial charge is 0.457 e. The van der Waals surface area contributed by atoms with E-state index < -0.39 is 17.6 Å². The lowest BCUT2D eigenvalue weighted by molar-refractivity contribution is -0.140. The topological polar surface area (TPSA) is 71.5 Å². The molecule has 1 N–H and O–H groups in total. The van der Waals surface area contributed by atoms with Gasteiger partial charge >= 0.3 is 6.18 Å². The van der Waals surface area contributed by atoms with Gasteiger partial charge in [-0.05, 0) is 48.4 Å². The Morgan fingerprint density at radius 3 is 2.49 bits per heavy atom. The third-order valence-electron chi connectivity index (χ3n) is 5.43. The molecule has 182 valence electrons. The first-order valence-electron chi connectivity index (χ1n) is 10.8.